The van der Waals surface area contributed by atoms with Gasteiger partial charge in [-0.3, -0.25) is 0 Å². The van der Waals surface area contributed by atoms with E-state index in [0.717, 1.165) is 0 Å². The number of hydrogen-bond donors (Lipinski definition) is 0. The summed E-state index contributed by atoms with van der Waals surface area (Å²) >= 11 is 1.83. The molecule has 1 aromatic carbocycles. The average molecular weight is 324 g/mol. The van der Waals surface area contributed by atoms with Gasteiger partial charge >= 0.3 is 105 Å². The van der Waals surface area contributed by atoms with Crippen LogP contribution in [0.3, 0.4) is 0 Å². The number of rotatable bonds is 1. The topological polar surface area (TPSA) is 0 Å². The first-order chi connectivity index (χ1) is 7.27. The van der Waals surface area contributed by atoms with Crippen molar-refractivity contribution in [3.63, 3.8) is 0 Å². The molecular weight excluding hydrogens is 310 g/mol. The van der Waals surface area contributed by atoms with E-state index in [1.54, 1.807) is 3.52 Å². The molecule has 0 N–H and O–H groups in total. The number of hydrogen-bond acceptors (Lipinski definition) is 1. The Hall–Kier alpha value is -0.262. The van der Waals surface area contributed by atoms with Gasteiger partial charge in [0.2, 0.25) is 0 Å². The summed E-state index contributed by atoms with van der Waals surface area (Å²) in [6.45, 7) is 4.44. The Labute approximate surface area is 105 Å². The van der Waals surface area contributed by atoms with Crippen LogP contribution in [0.1, 0.15) is 13.8 Å². The van der Waals surface area contributed by atoms with Crippen LogP contribution in [0.5, 0.6) is 0 Å². The fourth-order valence-corrected chi connectivity index (χ4v) is 4.79. The molecule has 0 bridgehead atoms. The molecule has 2 heteroatoms. The van der Waals surface area contributed by atoms with Crippen LogP contribution in [0.25, 0.3) is 19.7 Å². The maximum absolute atomic E-state index is 2.37. The average Bonchev–Trinajstić information content (AvgIpc) is 2.66. The second-order valence-electron chi connectivity index (χ2n) is 3.44. The van der Waals surface area contributed by atoms with E-state index in [-0.39, 0.29) is 21.6 Å². The molecular formula is C13H14SSb. The van der Waals surface area contributed by atoms with E-state index in [9.17, 15) is 0 Å². The minimum absolute atomic E-state index is 0.122. The number of thiophene rings is 1. The molecule has 77 valence electrons. The summed E-state index contributed by atoms with van der Waals surface area (Å²) in [5, 5.41) is 2.87. The van der Waals surface area contributed by atoms with E-state index in [0.29, 0.717) is 0 Å². The van der Waals surface area contributed by atoms with Crippen LogP contribution in [-0.4, -0.2) is 21.6 Å². The van der Waals surface area contributed by atoms with Gasteiger partial charge in [-0.1, -0.05) is 0 Å². The zero-order chi connectivity index (χ0) is 10.8. The Balaban J connectivity index is 3.01. The van der Waals surface area contributed by atoms with E-state index in [4.69, 9.17) is 0 Å². The zero-order valence-corrected chi connectivity index (χ0v) is 12.6. The maximum atomic E-state index is 2.37. The van der Waals surface area contributed by atoms with Crippen LogP contribution >= 0.6 is 11.3 Å². The second-order valence-corrected chi connectivity index (χ2v) is 7.68. The van der Waals surface area contributed by atoms with Crippen molar-refractivity contribution in [1.29, 1.82) is 0 Å². The third-order valence-corrected chi connectivity index (χ3v) is 6.90. The SMILES string of the molecule is C/C=c1\c(=[C](\C)[Sb][CH3])sc2ccccc12. The van der Waals surface area contributed by atoms with Crippen LogP contribution in [0.4, 0.5) is 0 Å². The fourth-order valence-electron chi connectivity index (χ4n) is 1.72. The molecule has 2 rings (SSSR count). The zero-order valence-electron chi connectivity index (χ0n) is 9.24. The van der Waals surface area contributed by atoms with Crippen LogP contribution in [0.15, 0.2) is 24.3 Å². The fraction of sp³-hybridized carbons (Fsp3) is 0.231. The predicted molar refractivity (Wildman–Crippen MR) is 71.9 cm³/mol. The molecule has 0 atom stereocenters. The molecule has 0 spiro atoms. The van der Waals surface area contributed by atoms with Gasteiger partial charge in [-0.2, -0.15) is 0 Å². The molecule has 15 heavy (non-hydrogen) atoms. The van der Waals surface area contributed by atoms with E-state index in [2.05, 4.69) is 49.1 Å². The van der Waals surface area contributed by atoms with E-state index >= 15 is 0 Å². The van der Waals surface area contributed by atoms with E-state index in [1.165, 1.54) is 19.8 Å². The predicted octanol–water partition coefficient (Wildman–Crippen LogP) is 2.58. The van der Waals surface area contributed by atoms with E-state index < -0.39 is 0 Å². The van der Waals surface area contributed by atoms with Crippen molar-refractivity contribution in [2.45, 2.75) is 18.7 Å². The molecule has 0 saturated carbocycles. The van der Waals surface area contributed by atoms with Crippen molar-refractivity contribution in [3.8, 4) is 0 Å². The molecule has 0 aliphatic rings. The standard InChI is InChI=1S/C12H11S.CH3.Sb/c1-3-9-10-7-5-6-8-12(10)13-11(9)4-2;;/h3,5-8H,1-2H3;1H3;/b9-3-,11-4?;;. The molecule has 0 fully saturated rings. The first-order valence-corrected chi connectivity index (χ1v) is 9.67. The summed E-state index contributed by atoms with van der Waals surface area (Å²) in [6, 6.07) is 8.71. The van der Waals surface area contributed by atoms with Crippen molar-refractivity contribution in [3.05, 3.63) is 34.0 Å². The number of benzene rings is 1. The molecule has 0 aliphatic carbocycles. The number of fused-ring (bicyclic) bond motifs is 1. The third kappa shape index (κ3) is 2.00. The van der Waals surface area contributed by atoms with Crippen LogP contribution in [0, 0.1) is 0 Å². The molecule has 0 nitrogen and oxygen atoms in total. The molecule has 0 aliphatic heterocycles. The minimum atomic E-state index is -0.122. The Bertz CT molecular complexity index is 593. The van der Waals surface area contributed by atoms with Gasteiger partial charge in [0.15, 0.2) is 0 Å². The van der Waals surface area contributed by atoms with Gasteiger partial charge in [0.1, 0.15) is 0 Å². The normalized spacial score (nSPS) is 14.7. The molecule has 2 aromatic rings. The summed E-state index contributed by atoms with van der Waals surface area (Å²) in [5.41, 5.74) is 0. The van der Waals surface area contributed by atoms with Crippen molar-refractivity contribution in [2.24, 2.45) is 0 Å². The molecule has 0 saturated heterocycles. The summed E-state index contributed by atoms with van der Waals surface area (Å²) in [7, 11) is 0. The summed E-state index contributed by atoms with van der Waals surface area (Å²) in [6.07, 6.45) is 2.25. The molecule has 0 unspecified atom stereocenters. The van der Waals surface area contributed by atoms with Gasteiger partial charge in [0.05, 0.1) is 0 Å². The Morgan fingerprint density at radius 2 is 2.07 bits per heavy atom. The van der Waals surface area contributed by atoms with E-state index in [1.807, 2.05) is 11.3 Å². The Morgan fingerprint density at radius 1 is 1.33 bits per heavy atom. The van der Waals surface area contributed by atoms with Crippen molar-refractivity contribution in [1.82, 2.24) is 0 Å². The first kappa shape index (κ1) is 11.2. The molecule has 0 amide bonds. The van der Waals surface area contributed by atoms with Gasteiger partial charge < -0.3 is 0 Å². The van der Waals surface area contributed by atoms with Crippen molar-refractivity contribution >= 4 is 52.6 Å². The second kappa shape index (κ2) is 4.72. The first-order valence-electron chi connectivity index (χ1n) is 5.02. The van der Waals surface area contributed by atoms with Crippen LogP contribution < -0.4 is 9.75 Å². The summed E-state index contributed by atoms with van der Waals surface area (Å²) in [5.74, 6) is 0. The van der Waals surface area contributed by atoms with Gasteiger partial charge in [0, 0.05) is 0 Å². The van der Waals surface area contributed by atoms with Crippen LogP contribution in [0.2, 0.25) is 4.87 Å². The van der Waals surface area contributed by atoms with Crippen LogP contribution in [-0.2, 0) is 0 Å². The molecule has 1 aromatic heterocycles. The quantitative estimate of drug-likeness (QED) is 0.708. The van der Waals surface area contributed by atoms with Gasteiger partial charge in [-0.05, 0) is 0 Å². The summed E-state index contributed by atoms with van der Waals surface area (Å²) < 4.78 is 4.59. The van der Waals surface area contributed by atoms with Crippen molar-refractivity contribution in [2.75, 3.05) is 0 Å². The third-order valence-electron chi connectivity index (χ3n) is 2.59. The molecule has 1 radical (unpaired) electrons. The van der Waals surface area contributed by atoms with Crippen molar-refractivity contribution < 1.29 is 0 Å². The van der Waals surface area contributed by atoms with Gasteiger partial charge in [0.25, 0.3) is 0 Å². The molecule has 1 heterocycles. The monoisotopic (exact) mass is 323 g/mol. The Morgan fingerprint density at radius 3 is 2.73 bits per heavy atom. The van der Waals surface area contributed by atoms with Gasteiger partial charge in [-0.25, -0.2) is 0 Å². The Kier molecular flexibility index (Phi) is 3.53. The summed E-state index contributed by atoms with van der Waals surface area (Å²) in [4.78, 5) is 2.37. The van der Waals surface area contributed by atoms with Gasteiger partial charge in [-0.15, -0.1) is 0 Å².